The van der Waals surface area contributed by atoms with Crippen LogP contribution in [0, 0.1) is 0 Å². The molecule has 0 spiro atoms. The lowest BCUT2D eigenvalue weighted by atomic mass is 10.0. The Hall–Kier alpha value is -2.69. The Morgan fingerprint density at radius 2 is 1.15 bits per heavy atom. The summed E-state index contributed by atoms with van der Waals surface area (Å²) in [6, 6.07) is -1.65. The smallest absolute Gasteiger partial charge is 0.326 e. The molecule has 0 fully saturated rings. The Morgan fingerprint density at radius 3 is 1.66 bits per heavy atom. The van der Waals surface area contributed by atoms with Gasteiger partial charge in [-0.2, -0.15) is 0 Å². The van der Waals surface area contributed by atoms with Crippen LogP contribution in [-0.4, -0.2) is 65.0 Å². The van der Waals surface area contributed by atoms with Gasteiger partial charge in [-0.25, -0.2) is 4.79 Å². The topological polar surface area (TPSA) is 188 Å². The van der Waals surface area contributed by atoms with Gasteiger partial charge in [0.2, 0.25) is 17.7 Å². The number of aliphatic carboxylic acids is 2. The van der Waals surface area contributed by atoms with Gasteiger partial charge < -0.3 is 31.9 Å². The summed E-state index contributed by atoms with van der Waals surface area (Å²) >= 11 is 0. The van der Waals surface area contributed by atoms with Gasteiger partial charge in [0.25, 0.3) is 0 Å². The third kappa shape index (κ3) is 24.8. The molecule has 0 aromatic heterocycles. The number of carboxylic acids is 2. The van der Waals surface area contributed by atoms with Crippen molar-refractivity contribution in [2.75, 3.05) is 13.1 Å². The monoisotopic (exact) mass is 584 g/mol. The number of hydrogen-bond acceptors (Lipinski definition) is 6. The molecule has 238 valence electrons. The minimum absolute atomic E-state index is 0.000900. The maximum atomic E-state index is 12.2. The van der Waals surface area contributed by atoms with Crippen molar-refractivity contribution in [2.24, 2.45) is 5.73 Å². The molecule has 0 aliphatic rings. The lowest BCUT2D eigenvalue weighted by molar-refractivity contribution is -0.142. The van der Waals surface area contributed by atoms with E-state index in [0.29, 0.717) is 38.8 Å². The summed E-state index contributed by atoms with van der Waals surface area (Å²) < 4.78 is 0. The molecule has 0 radical (unpaired) electrons. The SMILES string of the molecule is CCCNC(=O)[C@@H](N)CCCCNC(=O)CC[C@H](NC(=O)CCCCCCCCCCCCCCC(=O)O)C(=O)O. The molecule has 0 rings (SSSR count). The summed E-state index contributed by atoms with van der Waals surface area (Å²) in [7, 11) is 0. The molecule has 41 heavy (non-hydrogen) atoms. The molecule has 0 aromatic carbocycles. The number of rotatable bonds is 28. The van der Waals surface area contributed by atoms with E-state index in [9.17, 15) is 29.1 Å². The summed E-state index contributed by atoms with van der Waals surface area (Å²) in [6.45, 7) is 2.99. The highest BCUT2D eigenvalue weighted by atomic mass is 16.4. The highest BCUT2D eigenvalue weighted by Crippen LogP contribution is 2.13. The van der Waals surface area contributed by atoms with Crippen LogP contribution >= 0.6 is 0 Å². The quantitative estimate of drug-likeness (QED) is 0.0744. The number of amides is 3. The zero-order chi connectivity index (χ0) is 30.7. The molecule has 0 aliphatic heterocycles. The van der Waals surface area contributed by atoms with Gasteiger partial charge in [0, 0.05) is 32.4 Å². The van der Waals surface area contributed by atoms with Crippen LogP contribution in [0.1, 0.15) is 135 Å². The van der Waals surface area contributed by atoms with Crippen LogP contribution in [0.4, 0.5) is 0 Å². The van der Waals surface area contributed by atoms with Gasteiger partial charge in [0.1, 0.15) is 6.04 Å². The van der Waals surface area contributed by atoms with Gasteiger partial charge in [-0.05, 0) is 44.9 Å². The van der Waals surface area contributed by atoms with E-state index in [4.69, 9.17) is 10.8 Å². The molecule has 0 saturated heterocycles. The fourth-order valence-electron chi connectivity index (χ4n) is 4.44. The molecular weight excluding hydrogens is 528 g/mol. The van der Waals surface area contributed by atoms with Crippen molar-refractivity contribution in [3.05, 3.63) is 0 Å². The van der Waals surface area contributed by atoms with Gasteiger partial charge in [-0.3, -0.25) is 19.2 Å². The first-order valence-electron chi connectivity index (χ1n) is 15.7. The first-order chi connectivity index (χ1) is 19.7. The molecule has 0 aromatic rings. The molecule has 3 amide bonds. The maximum Gasteiger partial charge on any atom is 0.326 e. The summed E-state index contributed by atoms with van der Waals surface area (Å²) in [5.74, 6) is -2.61. The minimum atomic E-state index is -1.15. The summed E-state index contributed by atoms with van der Waals surface area (Å²) in [4.78, 5) is 58.0. The van der Waals surface area contributed by atoms with Crippen molar-refractivity contribution in [3.8, 4) is 0 Å². The molecular formula is C30H56N4O7. The van der Waals surface area contributed by atoms with E-state index < -0.39 is 24.0 Å². The molecule has 0 saturated carbocycles. The maximum absolute atomic E-state index is 12.2. The Morgan fingerprint density at radius 1 is 0.610 bits per heavy atom. The second-order valence-corrected chi connectivity index (χ2v) is 10.9. The van der Waals surface area contributed by atoms with Crippen LogP contribution in [-0.2, 0) is 24.0 Å². The van der Waals surface area contributed by atoms with E-state index in [1.807, 2.05) is 6.92 Å². The van der Waals surface area contributed by atoms with E-state index in [1.54, 1.807) is 0 Å². The van der Waals surface area contributed by atoms with Crippen LogP contribution in [0.15, 0.2) is 0 Å². The average Bonchev–Trinajstić information content (AvgIpc) is 2.93. The second-order valence-electron chi connectivity index (χ2n) is 10.9. The first-order valence-corrected chi connectivity index (χ1v) is 15.7. The van der Waals surface area contributed by atoms with Crippen molar-refractivity contribution >= 4 is 29.7 Å². The summed E-state index contributed by atoms with van der Waals surface area (Å²) in [5, 5.41) is 26.1. The predicted octanol–water partition coefficient (Wildman–Crippen LogP) is 4.02. The number of carbonyl (C=O) groups excluding carboxylic acids is 3. The van der Waals surface area contributed by atoms with Crippen molar-refractivity contribution in [1.82, 2.24) is 16.0 Å². The van der Waals surface area contributed by atoms with Crippen molar-refractivity contribution < 1.29 is 34.2 Å². The van der Waals surface area contributed by atoms with Crippen LogP contribution < -0.4 is 21.7 Å². The van der Waals surface area contributed by atoms with E-state index >= 15 is 0 Å². The molecule has 0 unspecified atom stereocenters. The summed E-state index contributed by atoms with van der Waals surface area (Å²) in [6.07, 6.45) is 15.8. The lowest BCUT2D eigenvalue weighted by Crippen LogP contribution is -2.41. The van der Waals surface area contributed by atoms with Crippen molar-refractivity contribution in [2.45, 2.75) is 147 Å². The van der Waals surface area contributed by atoms with Gasteiger partial charge in [0.15, 0.2) is 0 Å². The third-order valence-electron chi connectivity index (χ3n) is 6.99. The number of hydrogen-bond donors (Lipinski definition) is 6. The van der Waals surface area contributed by atoms with Gasteiger partial charge in [-0.1, -0.05) is 71.1 Å². The molecule has 0 heterocycles. The fraction of sp³-hybridized carbons (Fsp3) is 0.833. The van der Waals surface area contributed by atoms with Crippen LogP contribution in [0.2, 0.25) is 0 Å². The molecule has 11 nitrogen and oxygen atoms in total. The number of carboxylic acid groups (broad SMARTS) is 2. The minimum Gasteiger partial charge on any atom is -0.481 e. The Kier molecular flexibility index (Phi) is 24.5. The van der Waals surface area contributed by atoms with Gasteiger partial charge in [0.05, 0.1) is 6.04 Å². The number of unbranched alkanes of at least 4 members (excludes halogenated alkanes) is 12. The first kappa shape index (κ1) is 38.3. The number of nitrogens with two attached hydrogens (primary N) is 1. The van der Waals surface area contributed by atoms with Crippen LogP contribution in [0.25, 0.3) is 0 Å². The average molecular weight is 585 g/mol. The standard InChI is InChI=1S/C30H56N4O7/c1-2-22-33-29(39)24(31)17-15-16-23-32-26(35)21-20-25(30(40)41)34-27(36)18-13-11-9-7-5-3-4-6-8-10-12-14-19-28(37)38/h24-25H,2-23,31H2,1H3,(H,32,35)(H,33,39)(H,34,36)(H,37,38)(H,40,41)/t24-,25-/m0/s1. The number of carbonyl (C=O) groups is 5. The second kappa shape index (κ2) is 26.2. The predicted molar refractivity (Wildman–Crippen MR) is 159 cm³/mol. The molecule has 0 bridgehead atoms. The third-order valence-corrected chi connectivity index (χ3v) is 6.99. The van der Waals surface area contributed by atoms with Gasteiger partial charge >= 0.3 is 11.9 Å². The van der Waals surface area contributed by atoms with E-state index in [0.717, 1.165) is 57.8 Å². The molecule has 7 N–H and O–H groups in total. The molecule has 11 heteroatoms. The Balaban J connectivity index is 3.80. The van der Waals surface area contributed by atoms with Gasteiger partial charge in [-0.15, -0.1) is 0 Å². The number of nitrogens with one attached hydrogen (secondary N) is 3. The van der Waals surface area contributed by atoms with Crippen LogP contribution in [0.3, 0.4) is 0 Å². The fourth-order valence-corrected chi connectivity index (χ4v) is 4.44. The zero-order valence-corrected chi connectivity index (χ0v) is 25.2. The lowest BCUT2D eigenvalue weighted by Gasteiger charge is -2.15. The Labute approximate surface area is 246 Å². The van der Waals surface area contributed by atoms with E-state index in [1.165, 1.54) is 19.3 Å². The van der Waals surface area contributed by atoms with Crippen molar-refractivity contribution in [3.63, 3.8) is 0 Å². The van der Waals surface area contributed by atoms with Crippen LogP contribution in [0.5, 0.6) is 0 Å². The normalized spacial score (nSPS) is 12.3. The van der Waals surface area contributed by atoms with Crippen molar-refractivity contribution in [1.29, 1.82) is 0 Å². The van der Waals surface area contributed by atoms with E-state index in [2.05, 4.69) is 16.0 Å². The summed E-state index contributed by atoms with van der Waals surface area (Å²) in [5.41, 5.74) is 5.84. The molecule has 0 aliphatic carbocycles. The highest BCUT2D eigenvalue weighted by Gasteiger charge is 2.20. The van der Waals surface area contributed by atoms with E-state index in [-0.39, 0.29) is 43.4 Å². The zero-order valence-electron chi connectivity index (χ0n) is 25.2. The Bertz CT molecular complexity index is 748. The molecule has 2 atom stereocenters. The highest BCUT2D eigenvalue weighted by molar-refractivity contribution is 5.84. The largest absolute Gasteiger partial charge is 0.481 e.